The summed E-state index contributed by atoms with van der Waals surface area (Å²) < 4.78 is 7.85. The molecule has 1 N–H and O–H groups in total. The normalized spacial score (nSPS) is 22.6. The molecule has 1 saturated heterocycles. The van der Waals surface area contributed by atoms with Gasteiger partial charge in [0.05, 0.1) is 24.9 Å². The van der Waals surface area contributed by atoms with Crippen LogP contribution >= 0.6 is 0 Å². The van der Waals surface area contributed by atoms with Crippen LogP contribution in [0.5, 0.6) is 0 Å². The van der Waals surface area contributed by atoms with Crippen LogP contribution in [0.15, 0.2) is 12.4 Å². The number of morpholine rings is 1. The Kier molecular flexibility index (Phi) is 5.36. The molecule has 0 radical (unpaired) electrons. The molecular formula is C14H26N4O. The van der Waals surface area contributed by atoms with Crippen molar-refractivity contribution in [1.29, 1.82) is 0 Å². The maximum Gasteiger partial charge on any atom is 0.0898 e. The van der Waals surface area contributed by atoms with E-state index in [9.17, 15) is 0 Å². The molecule has 19 heavy (non-hydrogen) atoms. The van der Waals surface area contributed by atoms with Crippen LogP contribution in [0.1, 0.15) is 31.9 Å². The van der Waals surface area contributed by atoms with E-state index in [4.69, 9.17) is 4.74 Å². The Morgan fingerprint density at radius 1 is 1.53 bits per heavy atom. The Morgan fingerprint density at radius 3 is 3.00 bits per heavy atom. The second-order valence-corrected chi connectivity index (χ2v) is 5.18. The quantitative estimate of drug-likeness (QED) is 0.839. The van der Waals surface area contributed by atoms with Gasteiger partial charge in [-0.05, 0) is 19.5 Å². The summed E-state index contributed by atoms with van der Waals surface area (Å²) in [5, 5.41) is 7.90. The van der Waals surface area contributed by atoms with E-state index in [1.54, 1.807) is 0 Å². The number of likely N-dealkylation sites (N-methyl/N-ethyl adjacent to an activating group) is 1. The van der Waals surface area contributed by atoms with E-state index < -0.39 is 0 Å². The Hall–Kier alpha value is -0.910. The van der Waals surface area contributed by atoms with Gasteiger partial charge in [0.25, 0.3) is 0 Å². The van der Waals surface area contributed by atoms with Crippen LogP contribution in [0.3, 0.4) is 0 Å². The summed E-state index contributed by atoms with van der Waals surface area (Å²) >= 11 is 0. The van der Waals surface area contributed by atoms with Gasteiger partial charge in [0.2, 0.25) is 0 Å². The summed E-state index contributed by atoms with van der Waals surface area (Å²) in [6, 6.07) is 0.239. The van der Waals surface area contributed by atoms with Gasteiger partial charge in [-0.25, -0.2) is 0 Å². The van der Waals surface area contributed by atoms with Crippen molar-refractivity contribution in [3.8, 4) is 0 Å². The number of hydrogen-bond donors (Lipinski definition) is 1. The minimum Gasteiger partial charge on any atom is -0.374 e. The molecule has 0 amide bonds. The molecular weight excluding hydrogens is 240 g/mol. The zero-order valence-corrected chi connectivity index (χ0v) is 12.3. The SMILES string of the molecule is CCCNC(c1cnn(C)c1)C1CN(CC)CCO1. The van der Waals surface area contributed by atoms with Crippen molar-refractivity contribution in [2.45, 2.75) is 32.4 Å². The molecule has 0 aromatic carbocycles. The molecule has 0 saturated carbocycles. The average Bonchev–Trinajstić information content (AvgIpc) is 2.86. The van der Waals surface area contributed by atoms with Crippen molar-refractivity contribution in [2.24, 2.45) is 7.05 Å². The number of nitrogens with zero attached hydrogens (tertiary/aromatic N) is 3. The molecule has 5 nitrogen and oxygen atoms in total. The Bertz CT molecular complexity index is 379. The number of ether oxygens (including phenoxy) is 1. The van der Waals surface area contributed by atoms with E-state index in [1.165, 1.54) is 5.56 Å². The monoisotopic (exact) mass is 266 g/mol. The van der Waals surface area contributed by atoms with Crippen LogP contribution < -0.4 is 5.32 Å². The highest BCUT2D eigenvalue weighted by Gasteiger charge is 2.29. The van der Waals surface area contributed by atoms with Crippen molar-refractivity contribution >= 4 is 0 Å². The molecule has 2 rings (SSSR count). The number of rotatable bonds is 6. The number of hydrogen-bond acceptors (Lipinski definition) is 4. The summed E-state index contributed by atoms with van der Waals surface area (Å²) in [5.74, 6) is 0. The smallest absolute Gasteiger partial charge is 0.0898 e. The Morgan fingerprint density at radius 2 is 2.37 bits per heavy atom. The van der Waals surface area contributed by atoms with Crippen molar-refractivity contribution in [3.05, 3.63) is 18.0 Å². The largest absolute Gasteiger partial charge is 0.374 e. The molecule has 1 fully saturated rings. The van der Waals surface area contributed by atoms with Crippen LogP contribution in [0, 0.1) is 0 Å². The molecule has 2 heterocycles. The predicted molar refractivity (Wildman–Crippen MR) is 76.1 cm³/mol. The van der Waals surface area contributed by atoms with E-state index >= 15 is 0 Å². The van der Waals surface area contributed by atoms with E-state index in [2.05, 4.69) is 35.4 Å². The van der Waals surface area contributed by atoms with Crippen molar-refractivity contribution < 1.29 is 4.74 Å². The van der Waals surface area contributed by atoms with Gasteiger partial charge >= 0.3 is 0 Å². The fraction of sp³-hybridized carbons (Fsp3) is 0.786. The van der Waals surface area contributed by atoms with Gasteiger partial charge in [0.15, 0.2) is 0 Å². The van der Waals surface area contributed by atoms with E-state index in [0.717, 1.165) is 39.2 Å². The lowest BCUT2D eigenvalue weighted by Gasteiger charge is -2.36. The second kappa shape index (κ2) is 7.03. The zero-order valence-electron chi connectivity index (χ0n) is 12.3. The fourth-order valence-electron chi connectivity index (χ4n) is 2.59. The van der Waals surface area contributed by atoms with Gasteiger partial charge in [-0.1, -0.05) is 13.8 Å². The highest BCUT2D eigenvalue weighted by atomic mass is 16.5. The third-order valence-corrected chi connectivity index (χ3v) is 3.69. The van der Waals surface area contributed by atoms with Gasteiger partial charge in [0.1, 0.15) is 0 Å². The lowest BCUT2D eigenvalue weighted by atomic mass is 10.0. The molecule has 0 aliphatic carbocycles. The first-order valence-corrected chi connectivity index (χ1v) is 7.30. The topological polar surface area (TPSA) is 42.3 Å². The van der Waals surface area contributed by atoms with Gasteiger partial charge in [-0.3, -0.25) is 9.58 Å². The third kappa shape index (κ3) is 3.78. The van der Waals surface area contributed by atoms with Gasteiger partial charge in [-0.15, -0.1) is 0 Å². The lowest BCUT2D eigenvalue weighted by molar-refractivity contribution is -0.0455. The average molecular weight is 266 g/mol. The standard InChI is InChI=1S/C14H26N4O/c1-4-6-15-14(12-9-16-17(3)10-12)13-11-18(5-2)7-8-19-13/h9-10,13-15H,4-8,11H2,1-3H3. The molecule has 1 aliphatic rings. The summed E-state index contributed by atoms with van der Waals surface area (Å²) in [5.41, 5.74) is 1.22. The molecule has 5 heteroatoms. The Balaban J connectivity index is 2.08. The summed E-state index contributed by atoms with van der Waals surface area (Å²) in [7, 11) is 1.96. The minimum absolute atomic E-state index is 0.212. The van der Waals surface area contributed by atoms with Crippen LogP contribution in [-0.4, -0.2) is 53.6 Å². The van der Waals surface area contributed by atoms with E-state index in [1.807, 2.05) is 17.9 Å². The fourth-order valence-corrected chi connectivity index (χ4v) is 2.59. The predicted octanol–water partition coefficient (Wildman–Crippen LogP) is 1.18. The van der Waals surface area contributed by atoms with E-state index in [-0.39, 0.29) is 12.1 Å². The maximum atomic E-state index is 5.99. The molecule has 0 spiro atoms. The second-order valence-electron chi connectivity index (χ2n) is 5.18. The number of aromatic nitrogens is 2. The van der Waals surface area contributed by atoms with Crippen molar-refractivity contribution in [1.82, 2.24) is 20.0 Å². The summed E-state index contributed by atoms with van der Waals surface area (Å²) in [6.45, 7) is 9.35. The maximum absolute atomic E-state index is 5.99. The van der Waals surface area contributed by atoms with Gasteiger partial charge < -0.3 is 10.1 Å². The van der Waals surface area contributed by atoms with Crippen LogP contribution in [-0.2, 0) is 11.8 Å². The third-order valence-electron chi connectivity index (χ3n) is 3.69. The van der Waals surface area contributed by atoms with Crippen molar-refractivity contribution in [3.63, 3.8) is 0 Å². The summed E-state index contributed by atoms with van der Waals surface area (Å²) in [4.78, 5) is 2.45. The zero-order chi connectivity index (χ0) is 13.7. The molecule has 1 aliphatic heterocycles. The first kappa shape index (κ1) is 14.5. The van der Waals surface area contributed by atoms with Crippen LogP contribution in [0.4, 0.5) is 0 Å². The molecule has 2 atom stereocenters. The van der Waals surface area contributed by atoms with Gasteiger partial charge in [0, 0.05) is 31.9 Å². The number of nitrogens with one attached hydrogen (secondary N) is 1. The molecule has 108 valence electrons. The van der Waals surface area contributed by atoms with Crippen LogP contribution in [0.25, 0.3) is 0 Å². The Labute approximate surface area is 115 Å². The molecule has 2 unspecified atom stereocenters. The lowest BCUT2D eigenvalue weighted by Crippen LogP contribution is -2.48. The van der Waals surface area contributed by atoms with Crippen LogP contribution in [0.2, 0.25) is 0 Å². The summed E-state index contributed by atoms with van der Waals surface area (Å²) in [6.07, 6.45) is 5.37. The first-order chi connectivity index (χ1) is 9.24. The molecule has 1 aromatic rings. The minimum atomic E-state index is 0.212. The highest BCUT2D eigenvalue weighted by molar-refractivity contribution is 5.13. The number of aryl methyl sites for hydroxylation is 1. The van der Waals surface area contributed by atoms with E-state index in [0.29, 0.717) is 0 Å². The highest BCUT2D eigenvalue weighted by Crippen LogP contribution is 2.22. The van der Waals surface area contributed by atoms with Gasteiger partial charge in [-0.2, -0.15) is 5.10 Å². The van der Waals surface area contributed by atoms with Crippen molar-refractivity contribution in [2.75, 3.05) is 32.8 Å². The molecule has 1 aromatic heterocycles. The first-order valence-electron chi connectivity index (χ1n) is 7.30. The molecule has 0 bridgehead atoms.